The van der Waals surface area contributed by atoms with Gasteiger partial charge in [0.25, 0.3) is 11.6 Å². The fourth-order valence-electron chi connectivity index (χ4n) is 2.00. The molecular formula is C12H13ClN2O4. The van der Waals surface area contributed by atoms with Crippen LogP contribution in [0, 0.1) is 10.1 Å². The number of hydrogen-bond acceptors (Lipinski definition) is 4. The van der Waals surface area contributed by atoms with Gasteiger partial charge in [-0.2, -0.15) is 0 Å². The second-order valence-electron chi connectivity index (χ2n) is 4.33. The fraction of sp³-hybridized carbons (Fsp3) is 0.417. The molecule has 102 valence electrons. The number of rotatable bonds is 2. The number of carbonyl (C=O) groups is 1. The lowest BCUT2D eigenvalue weighted by Gasteiger charge is -2.31. The molecule has 7 heteroatoms. The van der Waals surface area contributed by atoms with Gasteiger partial charge in [-0.15, -0.1) is 0 Å². The molecule has 1 unspecified atom stereocenters. The maximum Gasteiger partial charge on any atom is 0.288 e. The number of halogens is 1. The number of amides is 1. The van der Waals surface area contributed by atoms with E-state index in [2.05, 4.69) is 0 Å². The van der Waals surface area contributed by atoms with Crippen molar-refractivity contribution in [3.05, 3.63) is 38.9 Å². The molecule has 1 heterocycles. The monoisotopic (exact) mass is 284 g/mol. The van der Waals surface area contributed by atoms with Gasteiger partial charge in [0.1, 0.15) is 5.02 Å². The number of hydrogen-bond donors (Lipinski definition) is 0. The molecule has 6 nitrogen and oxygen atoms in total. The highest BCUT2D eigenvalue weighted by Gasteiger charge is 2.26. The zero-order valence-corrected chi connectivity index (χ0v) is 11.1. The predicted octanol–water partition coefficient (Wildman–Crippen LogP) is 2.11. The van der Waals surface area contributed by atoms with Crippen LogP contribution in [0.2, 0.25) is 5.02 Å². The summed E-state index contributed by atoms with van der Waals surface area (Å²) in [6, 6.07) is 4.24. The molecule has 1 aromatic carbocycles. The first-order valence-electron chi connectivity index (χ1n) is 5.84. The summed E-state index contributed by atoms with van der Waals surface area (Å²) in [5.41, 5.74) is -0.0983. The third-order valence-electron chi connectivity index (χ3n) is 2.93. The molecule has 1 fully saturated rings. The van der Waals surface area contributed by atoms with Crippen molar-refractivity contribution in [2.24, 2.45) is 0 Å². The van der Waals surface area contributed by atoms with E-state index in [1.54, 1.807) is 4.90 Å². The maximum atomic E-state index is 12.3. The van der Waals surface area contributed by atoms with Crippen molar-refractivity contribution in [1.29, 1.82) is 0 Å². The SMILES string of the molecule is CC1CN(C(=O)c2cccc([N+](=O)[O-])c2Cl)CCO1. The number of nitro groups is 1. The van der Waals surface area contributed by atoms with Gasteiger partial charge in [-0.25, -0.2) is 0 Å². The molecule has 2 rings (SSSR count). The van der Waals surface area contributed by atoms with Gasteiger partial charge in [0.2, 0.25) is 0 Å². The molecule has 0 radical (unpaired) electrons. The van der Waals surface area contributed by atoms with Crippen molar-refractivity contribution in [3.63, 3.8) is 0 Å². The molecule has 0 spiro atoms. The van der Waals surface area contributed by atoms with Crippen molar-refractivity contribution in [2.75, 3.05) is 19.7 Å². The minimum Gasteiger partial charge on any atom is -0.375 e. The lowest BCUT2D eigenvalue weighted by molar-refractivity contribution is -0.384. The molecule has 0 saturated carbocycles. The number of nitro benzene ring substituents is 1. The summed E-state index contributed by atoms with van der Waals surface area (Å²) < 4.78 is 5.35. The van der Waals surface area contributed by atoms with Gasteiger partial charge in [0.05, 0.1) is 23.2 Å². The Labute approximate surface area is 115 Å². The van der Waals surface area contributed by atoms with Crippen LogP contribution in [0.25, 0.3) is 0 Å². The Hall–Kier alpha value is -1.66. The summed E-state index contributed by atoms with van der Waals surface area (Å²) in [5.74, 6) is -0.302. The standard InChI is InChI=1S/C12H13ClN2O4/c1-8-7-14(5-6-19-8)12(16)9-3-2-4-10(11(9)13)15(17)18/h2-4,8H,5-7H2,1H3. The van der Waals surface area contributed by atoms with Gasteiger partial charge in [-0.05, 0) is 13.0 Å². The van der Waals surface area contributed by atoms with Gasteiger partial charge in [-0.3, -0.25) is 14.9 Å². The first kappa shape index (κ1) is 13.8. The second-order valence-corrected chi connectivity index (χ2v) is 4.71. The van der Waals surface area contributed by atoms with Crippen molar-refractivity contribution in [3.8, 4) is 0 Å². The molecule has 1 aromatic rings. The van der Waals surface area contributed by atoms with E-state index < -0.39 is 4.92 Å². The molecule has 0 N–H and O–H groups in total. The van der Waals surface area contributed by atoms with Gasteiger partial charge in [0.15, 0.2) is 0 Å². The van der Waals surface area contributed by atoms with Gasteiger partial charge in [-0.1, -0.05) is 17.7 Å². The molecule has 0 bridgehead atoms. The quantitative estimate of drug-likeness (QED) is 0.616. The number of morpholine rings is 1. The molecular weight excluding hydrogens is 272 g/mol. The van der Waals surface area contributed by atoms with Crippen LogP contribution < -0.4 is 0 Å². The van der Waals surface area contributed by atoms with E-state index in [0.29, 0.717) is 19.7 Å². The topological polar surface area (TPSA) is 72.7 Å². The molecule has 19 heavy (non-hydrogen) atoms. The Balaban J connectivity index is 2.28. The van der Waals surface area contributed by atoms with Gasteiger partial charge >= 0.3 is 0 Å². The number of carbonyl (C=O) groups excluding carboxylic acids is 1. The summed E-state index contributed by atoms with van der Waals surface area (Å²) >= 11 is 5.93. The van der Waals surface area contributed by atoms with Crippen LogP contribution in [0.3, 0.4) is 0 Å². The van der Waals surface area contributed by atoms with Crippen LogP contribution in [0.5, 0.6) is 0 Å². The van der Waals surface area contributed by atoms with Gasteiger partial charge < -0.3 is 9.64 Å². The molecule has 1 saturated heterocycles. The van der Waals surface area contributed by atoms with Crippen LogP contribution in [0.1, 0.15) is 17.3 Å². The first-order chi connectivity index (χ1) is 9.00. The van der Waals surface area contributed by atoms with Crippen molar-refractivity contribution < 1.29 is 14.5 Å². The third-order valence-corrected chi connectivity index (χ3v) is 3.33. The van der Waals surface area contributed by atoms with Crippen LogP contribution in [0.4, 0.5) is 5.69 Å². The normalized spacial score (nSPS) is 19.3. The average Bonchev–Trinajstić information content (AvgIpc) is 2.38. The highest BCUT2D eigenvalue weighted by atomic mass is 35.5. The zero-order valence-electron chi connectivity index (χ0n) is 10.3. The van der Waals surface area contributed by atoms with E-state index in [4.69, 9.17) is 16.3 Å². The highest BCUT2D eigenvalue weighted by molar-refractivity contribution is 6.35. The molecule has 0 aliphatic carbocycles. The van der Waals surface area contributed by atoms with Gasteiger partial charge in [0, 0.05) is 19.2 Å². The smallest absolute Gasteiger partial charge is 0.288 e. The maximum absolute atomic E-state index is 12.3. The van der Waals surface area contributed by atoms with Crippen molar-refractivity contribution in [1.82, 2.24) is 4.90 Å². The molecule has 1 atom stereocenters. The number of nitrogens with zero attached hydrogens (tertiary/aromatic N) is 2. The second kappa shape index (κ2) is 5.54. The Bertz CT molecular complexity index is 520. The van der Waals surface area contributed by atoms with Crippen LogP contribution in [0.15, 0.2) is 18.2 Å². The third kappa shape index (κ3) is 2.85. The number of benzene rings is 1. The molecule has 1 aliphatic rings. The summed E-state index contributed by atoms with van der Waals surface area (Å²) in [6.07, 6.45) is -0.0461. The Morgan fingerprint density at radius 2 is 2.32 bits per heavy atom. The van der Waals surface area contributed by atoms with E-state index in [9.17, 15) is 14.9 Å². The molecule has 0 aromatic heterocycles. The lowest BCUT2D eigenvalue weighted by atomic mass is 10.1. The van der Waals surface area contributed by atoms with E-state index in [0.717, 1.165) is 0 Å². The minimum atomic E-state index is -0.596. The zero-order chi connectivity index (χ0) is 14.0. The number of ether oxygens (including phenoxy) is 1. The largest absolute Gasteiger partial charge is 0.375 e. The fourth-order valence-corrected chi connectivity index (χ4v) is 2.28. The molecule has 1 amide bonds. The van der Waals surface area contributed by atoms with Crippen LogP contribution in [-0.4, -0.2) is 41.5 Å². The first-order valence-corrected chi connectivity index (χ1v) is 6.22. The van der Waals surface area contributed by atoms with E-state index in [-0.39, 0.29) is 28.3 Å². The predicted molar refractivity (Wildman–Crippen MR) is 69.4 cm³/mol. The minimum absolute atomic E-state index is 0.0461. The highest BCUT2D eigenvalue weighted by Crippen LogP contribution is 2.28. The summed E-state index contributed by atoms with van der Waals surface area (Å²) in [4.78, 5) is 24.1. The Morgan fingerprint density at radius 3 is 2.95 bits per heavy atom. The summed E-state index contributed by atoms with van der Waals surface area (Å²) in [6.45, 7) is 3.24. The van der Waals surface area contributed by atoms with E-state index >= 15 is 0 Å². The van der Waals surface area contributed by atoms with E-state index in [1.807, 2.05) is 6.92 Å². The Morgan fingerprint density at radius 1 is 1.58 bits per heavy atom. The molecule has 1 aliphatic heterocycles. The van der Waals surface area contributed by atoms with Crippen LogP contribution >= 0.6 is 11.6 Å². The average molecular weight is 285 g/mol. The van der Waals surface area contributed by atoms with Crippen LogP contribution in [-0.2, 0) is 4.74 Å². The van der Waals surface area contributed by atoms with Crippen molar-refractivity contribution >= 4 is 23.2 Å². The lowest BCUT2D eigenvalue weighted by Crippen LogP contribution is -2.44. The summed E-state index contributed by atoms with van der Waals surface area (Å²) in [5, 5.41) is 10.7. The van der Waals surface area contributed by atoms with Crippen molar-refractivity contribution in [2.45, 2.75) is 13.0 Å². The summed E-state index contributed by atoms with van der Waals surface area (Å²) in [7, 11) is 0. The van der Waals surface area contributed by atoms with E-state index in [1.165, 1.54) is 18.2 Å². The Kier molecular flexibility index (Phi) is 4.01.